The molecule has 0 atom stereocenters. The molecule has 2 aliphatic rings. The highest BCUT2D eigenvalue weighted by Gasteiger charge is 2.52. The Morgan fingerprint density at radius 3 is 2.51 bits per heavy atom. The standard InChI is InChI=1S/C25H20F2N2O6/c1-14-2-4-17(28-23(14)15-6-9-29(13-22(32)33)21(31)10-15)12-20(30)24(7-8-24)16-3-5-18-19(11-16)35-25(26,27)34-18/h2-6,9-11H,7-8,12-13H2,1H3,(H,32,33). The zero-order chi connectivity index (χ0) is 25.0. The van der Waals surface area contributed by atoms with Crippen LogP contribution in [-0.4, -0.2) is 32.7 Å². The van der Waals surface area contributed by atoms with Gasteiger partial charge in [0.2, 0.25) is 0 Å². The number of ether oxygens (including phenoxy) is 2. The smallest absolute Gasteiger partial charge is 0.480 e. The van der Waals surface area contributed by atoms with Crippen LogP contribution in [0.2, 0.25) is 0 Å². The SMILES string of the molecule is Cc1ccc(CC(=O)C2(c3ccc4c(c3)OC(F)(F)O4)CC2)nc1-c1ccn(CC(=O)O)c(=O)c1. The summed E-state index contributed by atoms with van der Waals surface area (Å²) in [7, 11) is 0. The van der Waals surface area contributed by atoms with Crippen molar-refractivity contribution in [2.75, 3.05) is 0 Å². The Labute approximate surface area is 197 Å². The van der Waals surface area contributed by atoms with E-state index in [0.29, 0.717) is 35.4 Å². The fourth-order valence-electron chi connectivity index (χ4n) is 4.33. The van der Waals surface area contributed by atoms with E-state index in [0.717, 1.165) is 10.1 Å². The number of rotatable bonds is 7. The number of carbonyl (C=O) groups is 2. The van der Waals surface area contributed by atoms with E-state index in [1.165, 1.54) is 24.4 Å². The average Bonchev–Trinajstić information content (AvgIpc) is 3.53. The minimum atomic E-state index is -3.72. The number of pyridine rings is 2. The maximum Gasteiger partial charge on any atom is 0.586 e. The molecule has 1 aromatic carbocycles. The zero-order valence-electron chi connectivity index (χ0n) is 18.6. The number of carbonyl (C=O) groups excluding carboxylic acids is 1. The molecule has 3 heterocycles. The van der Waals surface area contributed by atoms with Crippen molar-refractivity contribution in [2.45, 2.75) is 44.4 Å². The third-order valence-corrected chi connectivity index (χ3v) is 6.31. The molecule has 180 valence electrons. The summed E-state index contributed by atoms with van der Waals surface area (Å²) in [6, 6.07) is 10.9. The van der Waals surface area contributed by atoms with Crippen molar-refractivity contribution in [3.63, 3.8) is 0 Å². The summed E-state index contributed by atoms with van der Waals surface area (Å²) in [5, 5.41) is 8.91. The number of alkyl halides is 2. The van der Waals surface area contributed by atoms with Gasteiger partial charge in [-0.3, -0.25) is 19.4 Å². The van der Waals surface area contributed by atoms with Crippen molar-refractivity contribution in [2.24, 2.45) is 0 Å². The van der Waals surface area contributed by atoms with Crippen molar-refractivity contribution in [1.29, 1.82) is 0 Å². The van der Waals surface area contributed by atoms with Crippen molar-refractivity contribution >= 4 is 11.8 Å². The van der Waals surface area contributed by atoms with Gasteiger partial charge in [0.05, 0.1) is 11.1 Å². The van der Waals surface area contributed by atoms with Gasteiger partial charge < -0.3 is 19.1 Å². The molecule has 0 unspecified atom stereocenters. The Bertz CT molecular complexity index is 1430. The molecule has 8 nitrogen and oxygen atoms in total. The molecule has 1 saturated carbocycles. The number of carboxylic acid groups (broad SMARTS) is 1. The first-order valence-corrected chi connectivity index (χ1v) is 10.9. The molecule has 2 aromatic heterocycles. The Kier molecular flexibility index (Phi) is 5.19. The molecule has 0 spiro atoms. The molecule has 1 fully saturated rings. The number of carboxylic acids is 1. The number of benzene rings is 1. The molecular weight excluding hydrogens is 462 g/mol. The van der Waals surface area contributed by atoms with Crippen LogP contribution in [-0.2, 0) is 28.0 Å². The van der Waals surface area contributed by atoms with Crippen LogP contribution in [0.25, 0.3) is 11.3 Å². The Morgan fingerprint density at radius 1 is 1.09 bits per heavy atom. The normalized spacial score (nSPS) is 16.7. The molecule has 35 heavy (non-hydrogen) atoms. The quantitative estimate of drug-likeness (QED) is 0.550. The van der Waals surface area contributed by atoms with Crippen LogP contribution in [0.3, 0.4) is 0 Å². The molecular formula is C25H20F2N2O6. The van der Waals surface area contributed by atoms with Crippen molar-refractivity contribution < 1.29 is 33.0 Å². The van der Waals surface area contributed by atoms with Crippen LogP contribution in [0.15, 0.2) is 53.5 Å². The number of hydrogen-bond acceptors (Lipinski definition) is 6. The van der Waals surface area contributed by atoms with Gasteiger partial charge in [-0.15, -0.1) is 8.78 Å². The van der Waals surface area contributed by atoms with Gasteiger partial charge in [0.25, 0.3) is 5.56 Å². The lowest BCUT2D eigenvalue weighted by atomic mass is 9.88. The number of aromatic nitrogens is 2. The first-order chi connectivity index (χ1) is 16.6. The first kappa shape index (κ1) is 22.7. The van der Waals surface area contributed by atoms with Crippen LogP contribution in [0.5, 0.6) is 11.5 Å². The Balaban J connectivity index is 1.39. The largest absolute Gasteiger partial charge is 0.586 e. The molecule has 0 saturated heterocycles. The van der Waals surface area contributed by atoms with E-state index >= 15 is 0 Å². The number of nitrogens with zero attached hydrogens (tertiary/aromatic N) is 2. The first-order valence-electron chi connectivity index (χ1n) is 10.9. The van der Waals surface area contributed by atoms with Crippen LogP contribution in [0, 0.1) is 6.92 Å². The Morgan fingerprint density at radius 2 is 1.83 bits per heavy atom. The van der Waals surface area contributed by atoms with Gasteiger partial charge in [-0.05, 0) is 55.2 Å². The Hall–Kier alpha value is -4.08. The van der Waals surface area contributed by atoms with Gasteiger partial charge in [0.15, 0.2) is 11.5 Å². The van der Waals surface area contributed by atoms with E-state index in [-0.39, 0.29) is 23.7 Å². The molecule has 0 bridgehead atoms. The van der Waals surface area contributed by atoms with E-state index in [2.05, 4.69) is 14.5 Å². The molecule has 0 amide bonds. The fourth-order valence-corrected chi connectivity index (χ4v) is 4.33. The van der Waals surface area contributed by atoms with E-state index < -0.39 is 29.8 Å². The van der Waals surface area contributed by atoms with Crippen molar-refractivity contribution in [1.82, 2.24) is 9.55 Å². The molecule has 10 heteroatoms. The summed E-state index contributed by atoms with van der Waals surface area (Å²) in [4.78, 5) is 41.1. The number of ketones is 1. The van der Waals surface area contributed by atoms with Gasteiger partial charge >= 0.3 is 12.3 Å². The van der Waals surface area contributed by atoms with Gasteiger partial charge in [-0.25, -0.2) is 0 Å². The molecule has 0 radical (unpaired) electrons. The van der Waals surface area contributed by atoms with E-state index in [1.54, 1.807) is 24.3 Å². The van der Waals surface area contributed by atoms with E-state index in [1.807, 2.05) is 6.92 Å². The van der Waals surface area contributed by atoms with Gasteiger partial charge in [-0.1, -0.05) is 12.1 Å². The lowest BCUT2D eigenvalue weighted by molar-refractivity contribution is -0.286. The molecule has 3 aromatic rings. The van der Waals surface area contributed by atoms with E-state index in [4.69, 9.17) is 5.11 Å². The predicted molar refractivity (Wildman–Crippen MR) is 119 cm³/mol. The van der Waals surface area contributed by atoms with Gasteiger partial charge in [-0.2, -0.15) is 0 Å². The highest BCUT2D eigenvalue weighted by molar-refractivity contribution is 5.94. The van der Waals surface area contributed by atoms with Crippen molar-refractivity contribution in [3.05, 3.63) is 75.8 Å². The predicted octanol–water partition coefficient (Wildman–Crippen LogP) is 3.47. The zero-order valence-corrected chi connectivity index (χ0v) is 18.6. The van der Waals surface area contributed by atoms with Crippen LogP contribution < -0.4 is 15.0 Å². The minimum absolute atomic E-state index is 0.0218. The second kappa shape index (κ2) is 8.00. The van der Waals surface area contributed by atoms with E-state index in [9.17, 15) is 23.2 Å². The van der Waals surface area contributed by atoms with Gasteiger partial charge in [0, 0.05) is 29.9 Å². The molecule has 1 N–H and O–H groups in total. The maximum atomic E-state index is 13.4. The number of aliphatic carboxylic acids is 1. The molecule has 1 aliphatic carbocycles. The molecule has 1 aliphatic heterocycles. The number of halogens is 2. The minimum Gasteiger partial charge on any atom is -0.480 e. The second-order valence-electron chi connectivity index (χ2n) is 8.75. The third kappa shape index (κ3) is 4.27. The highest BCUT2D eigenvalue weighted by Crippen LogP contribution is 2.52. The lowest BCUT2D eigenvalue weighted by Crippen LogP contribution is -2.26. The van der Waals surface area contributed by atoms with Gasteiger partial charge in [0.1, 0.15) is 12.3 Å². The number of hydrogen-bond donors (Lipinski definition) is 1. The van der Waals surface area contributed by atoms with Crippen molar-refractivity contribution in [3.8, 4) is 22.8 Å². The fraction of sp³-hybridized carbons (Fsp3) is 0.280. The number of Topliss-reactive ketones (excluding diaryl/α,β-unsaturated/α-hetero) is 1. The summed E-state index contributed by atoms with van der Waals surface area (Å²) in [5.41, 5.74) is 1.65. The van der Waals surface area contributed by atoms with Crippen LogP contribution >= 0.6 is 0 Å². The van der Waals surface area contributed by atoms with Crippen LogP contribution in [0.1, 0.15) is 29.7 Å². The summed E-state index contributed by atoms with van der Waals surface area (Å²) < 4.78 is 36.8. The summed E-state index contributed by atoms with van der Waals surface area (Å²) >= 11 is 0. The van der Waals surface area contributed by atoms with Crippen LogP contribution in [0.4, 0.5) is 8.78 Å². The summed E-state index contributed by atoms with van der Waals surface area (Å²) in [6.45, 7) is 1.38. The topological polar surface area (TPSA) is 108 Å². The second-order valence-corrected chi connectivity index (χ2v) is 8.75. The summed E-state index contributed by atoms with van der Waals surface area (Å²) in [5.74, 6) is -1.39. The molecule has 5 rings (SSSR count). The monoisotopic (exact) mass is 482 g/mol. The number of fused-ring (bicyclic) bond motifs is 1. The number of aryl methyl sites for hydroxylation is 1. The highest BCUT2D eigenvalue weighted by atomic mass is 19.3. The lowest BCUT2D eigenvalue weighted by Gasteiger charge is -2.16. The average molecular weight is 482 g/mol. The summed E-state index contributed by atoms with van der Waals surface area (Å²) in [6.07, 6.45) is -1.13. The third-order valence-electron chi connectivity index (χ3n) is 6.31. The maximum absolute atomic E-state index is 13.4.